The van der Waals surface area contributed by atoms with Crippen LogP contribution in [0, 0.1) is 13.8 Å². The first-order valence-electron chi connectivity index (χ1n) is 5.70. The van der Waals surface area contributed by atoms with Gasteiger partial charge in [-0.05, 0) is 26.0 Å². The summed E-state index contributed by atoms with van der Waals surface area (Å²) < 4.78 is 6.47. The van der Waals surface area contributed by atoms with Gasteiger partial charge in [-0.25, -0.2) is 0 Å². The summed E-state index contributed by atoms with van der Waals surface area (Å²) in [4.78, 5) is 23.3. The van der Waals surface area contributed by atoms with Crippen molar-refractivity contribution in [2.45, 2.75) is 20.4 Å². The zero-order valence-electron chi connectivity index (χ0n) is 10.7. The van der Waals surface area contributed by atoms with Crippen LogP contribution in [0.5, 0.6) is 0 Å². The summed E-state index contributed by atoms with van der Waals surface area (Å²) >= 11 is 0. The van der Waals surface area contributed by atoms with E-state index >= 15 is 0 Å². The first-order valence-corrected chi connectivity index (χ1v) is 5.70. The number of benzene rings is 1. The molecule has 2 aromatic rings. The molecule has 0 unspecified atom stereocenters. The molecule has 0 N–H and O–H groups in total. The van der Waals surface area contributed by atoms with Crippen molar-refractivity contribution in [3.05, 3.63) is 45.7 Å². The maximum Gasteiger partial charge on any atom is 0.325 e. The van der Waals surface area contributed by atoms with Gasteiger partial charge < -0.3 is 9.30 Å². The quantitative estimate of drug-likeness (QED) is 0.758. The van der Waals surface area contributed by atoms with Gasteiger partial charge in [-0.15, -0.1) is 0 Å². The zero-order chi connectivity index (χ0) is 13.3. The van der Waals surface area contributed by atoms with Gasteiger partial charge in [-0.2, -0.15) is 0 Å². The Hall–Kier alpha value is -2.10. The van der Waals surface area contributed by atoms with E-state index in [9.17, 15) is 9.59 Å². The number of methoxy groups -OCH3 is 1. The molecule has 0 amide bonds. The summed E-state index contributed by atoms with van der Waals surface area (Å²) in [5, 5.41) is 0.629. The van der Waals surface area contributed by atoms with Gasteiger partial charge in [0, 0.05) is 17.1 Å². The van der Waals surface area contributed by atoms with Crippen LogP contribution in [-0.2, 0) is 16.1 Å². The Kier molecular flexibility index (Phi) is 3.19. The highest BCUT2D eigenvalue weighted by molar-refractivity contribution is 5.81. The number of aryl methyl sites for hydroxylation is 2. The molecule has 0 aliphatic heterocycles. The molecule has 0 bridgehead atoms. The van der Waals surface area contributed by atoms with Crippen molar-refractivity contribution in [2.75, 3.05) is 7.11 Å². The number of pyridine rings is 1. The number of fused-ring (bicyclic) bond motifs is 1. The van der Waals surface area contributed by atoms with Gasteiger partial charge in [-0.3, -0.25) is 9.59 Å². The van der Waals surface area contributed by atoms with Crippen LogP contribution >= 0.6 is 0 Å². The minimum Gasteiger partial charge on any atom is -0.468 e. The molecule has 4 nitrogen and oxygen atoms in total. The Balaban J connectivity index is 2.72. The van der Waals surface area contributed by atoms with E-state index in [0.717, 1.165) is 16.8 Å². The average molecular weight is 245 g/mol. The van der Waals surface area contributed by atoms with Crippen molar-refractivity contribution in [2.24, 2.45) is 0 Å². The highest BCUT2D eigenvalue weighted by Crippen LogP contribution is 2.14. The Bertz CT molecular complexity index is 671. The third-order valence-electron chi connectivity index (χ3n) is 2.99. The molecule has 1 aromatic carbocycles. The van der Waals surface area contributed by atoms with Gasteiger partial charge in [-0.1, -0.05) is 11.6 Å². The van der Waals surface area contributed by atoms with E-state index < -0.39 is 0 Å². The van der Waals surface area contributed by atoms with Crippen LogP contribution in [0.15, 0.2) is 29.1 Å². The highest BCUT2D eigenvalue weighted by atomic mass is 16.5. The maximum absolute atomic E-state index is 11.9. The molecule has 0 radical (unpaired) electrons. The van der Waals surface area contributed by atoms with Crippen LogP contribution in [0.4, 0.5) is 0 Å². The lowest BCUT2D eigenvalue weighted by Gasteiger charge is -2.13. The van der Waals surface area contributed by atoms with E-state index in [1.54, 1.807) is 10.6 Å². The van der Waals surface area contributed by atoms with Crippen molar-refractivity contribution in [1.82, 2.24) is 4.57 Å². The number of ether oxygens (including phenoxy) is 1. The van der Waals surface area contributed by atoms with Crippen molar-refractivity contribution in [3.63, 3.8) is 0 Å². The largest absolute Gasteiger partial charge is 0.468 e. The first-order chi connectivity index (χ1) is 8.52. The Morgan fingerprint density at radius 3 is 2.67 bits per heavy atom. The summed E-state index contributed by atoms with van der Waals surface area (Å²) in [5.74, 6) is -0.330. The molecule has 0 aliphatic carbocycles. The number of esters is 1. The van der Waals surface area contributed by atoms with Crippen LogP contribution < -0.4 is 5.43 Å². The fourth-order valence-electron chi connectivity index (χ4n) is 2.02. The monoisotopic (exact) mass is 245 g/mol. The minimum absolute atomic E-state index is 0.0210. The van der Waals surface area contributed by atoms with Crippen molar-refractivity contribution in [3.8, 4) is 0 Å². The van der Waals surface area contributed by atoms with Gasteiger partial charge in [0.15, 0.2) is 5.43 Å². The maximum atomic E-state index is 11.9. The molecule has 2 rings (SSSR count). The van der Waals surface area contributed by atoms with Crippen molar-refractivity contribution >= 4 is 16.9 Å². The molecular formula is C14H15NO3. The molecule has 4 heteroatoms. The summed E-state index contributed by atoms with van der Waals surface area (Å²) in [6.45, 7) is 3.86. The minimum atomic E-state index is -0.330. The predicted molar refractivity (Wildman–Crippen MR) is 69.7 cm³/mol. The molecule has 1 heterocycles. The molecule has 1 aromatic heterocycles. The van der Waals surface area contributed by atoms with E-state index in [2.05, 4.69) is 4.74 Å². The van der Waals surface area contributed by atoms with Crippen LogP contribution in [0.3, 0.4) is 0 Å². The van der Waals surface area contributed by atoms with E-state index in [-0.39, 0.29) is 17.9 Å². The highest BCUT2D eigenvalue weighted by Gasteiger charge is 2.10. The molecule has 94 valence electrons. The van der Waals surface area contributed by atoms with Gasteiger partial charge in [0.05, 0.1) is 12.6 Å². The molecular weight excluding hydrogens is 230 g/mol. The normalized spacial score (nSPS) is 10.6. The molecule has 0 atom stereocenters. The Morgan fingerprint density at radius 1 is 1.28 bits per heavy atom. The number of carbonyl (C=O) groups is 1. The lowest BCUT2D eigenvalue weighted by Crippen LogP contribution is -2.18. The SMILES string of the molecule is COC(=O)Cn1c(C)cc(=O)c2cc(C)ccc21. The topological polar surface area (TPSA) is 48.3 Å². The molecule has 18 heavy (non-hydrogen) atoms. The van der Waals surface area contributed by atoms with Crippen LogP contribution in [0.2, 0.25) is 0 Å². The first kappa shape index (κ1) is 12.4. The lowest BCUT2D eigenvalue weighted by molar-refractivity contribution is -0.141. The van der Waals surface area contributed by atoms with Gasteiger partial charge >= 0.3 is 5.97 Å². The van der Waals surface area contributed by atoms with Crippen molar-refractivity contribution < 1.29 is 9.53 Å². The predicted octanol–water partition coefficient (Wildman–Crippen LogP) is 1.79. The zero-order valence-corrected chi connectivity index (χ0v) is 10.7. The number of carbonyl (C=O) groups excluding carboxylic acids is 1. The third kappa shape index (κ3) is 2.14. The van der Waals surface area contributed by atoms with E-state index in [4.69, 9.17) is 0 Å². The standard InChI is InChI=1S/C14H15NO3/c1-9-4-5-12-11(6-9)13(16)7-10(2)15(12)8-14(17)18-3/h4-7H,8H2,1-3H3. The van der Waals surface area contributed by atoms with E-state index in [1.165, 1.54) is 7.11 Å². The summed E-state index contributed by atoms with van der Waals surface area (Å²) in [6, 6.07) is 7.17. The number of aromatic nitrogens is 1. The van der Waals surface area contributed by atoms with Crippen LogP contribution in [-0.4, -0.2) is 17.6 Å². The Morgan fingerprint density at radius 2 is 2.00 bits per heavy atom. The second-order valence-electron chi connectivity index (χ2n) is 4.33. The number of rotatable bonds is 2. The van der Waals surface area contributed by atoms with Crippen LogP contribution in [0.25, 0.3) is 10.9 Å². The summed E-state index contributed by atoms with van der Waals surface area (Å²) in [7, 11) is 1.35. The molecule has 0 saturated carbocycles. The Labute approximate surface area is 105 Å². The fraction of sp³-hybridized carbons (Fsp3) is 0.286. The van der Waals surface area contributed by atoms with Crippen LogP contribution in [0.1, 0.15) is 11.3 Å². The fourth-order valence-corrected chi connectivity index (χ4v) is 2.02. The number of hydrogen-bond donors (Lipinski definition) is 0. The van der Waals surface area contributed by atoms with E-state index in [0.29, 0.717) is 5.39 Å². The number of nitrogens with zero attached hydrogens (tertiary/aromatic N) is 1. The van der Waals surface area contributed by atoms with E-state index in [1.807, 2.05) is 32.0 Å². The third-order valence-corrected chi connectivity index (χ3v) is 2.99. The van der Waals surface area contributed by atoms with Crippen molar-refractivity contribution in [1.29, 1.82) is 0 Å². The average Bonchev–Trinajstić information content (AvgIpc) is 2.34. The number of hydrogen-bond acceptors (Lipinski definition) is 3. The molecule has 0 spiro atoms. The lowest BCUT2D eigenvalue weighted by atomic mass is 10.1. The second kappa shape index (κ2) is 4.64. The molecule has 0 saturated heterocycles. The molecule has 0 aliphatic rings. The van der Waals surface area contributed by atoms with Gasteiger partial charge in [0.2, 0.25) is 0 Å². The van der Waals surface area contributed by atoms with Gasteiger partial charge in [0.1, 0.15) is 6.54 Å². The smallest absolute Gasteiger partial charge is 0.325 e. The van der Waals surface area contributed by atoms with Gasteiger partial charge in [0.25, 0.3) is 0 Å². The summed E-state index contributed by atoms with van der Waals surface area (Å²) in [6.07, 6.45) is 0. The second-order valence-corrected chi connectivity index (χ2v) is 4.33. The summed E-state index contributed by atoms with van der Waals surface area (Å²) in [5.41, 5.74) is 2.51. The molecule has 0 fully saturated rings.